The first-order valence-corrected chi connectivity index (χ1v) is 9.83. The van der Waals surface area contributed by atoms with E-state index in [1.54, 1.807) is 0 Å². The summed E-state index contributed by atoms with van der Waals surface area (Å²) in [6.07, 6.45) is 8.26. The maximum absolute atomic E-state index is 12.4. The van der Waals surface area contributed by atoms with Gasteiger partial charge in [0.2, 0.25) is 5.91 Å². The third-order valence-corrected chi connectivity index (χ3v) is 5.86. The maximum Gasteiger partial charge on any atom is 0.248 e. The van der Waals surface area contributed by atoms with Gasteiger partial charge in [0, 0.05) is 32.1 Å². The molecule has 2 aliphatic heterocycles. The Balaban J connectivity index is 1.26. The molecule has 3 aliphatic rings. The molecule has 0 radical (unpaired) electrons. The molecule has 4 rings (SSSR count). The summed E-state index contributed by atoms with van der Waals surface area (Å²) in [5, 5.41) is 12.1. The van der Waals surface area contributed by atoms with Crippen LogP contribution in [-0.2, 0) is 22.6 Å². The molecule has 1 aromatic heterocycles. The fourth-order valence-corrected chi connectivity index (χ4v) is 4.32. The van der Waals surface area contributed by atoms with Crippen LogP contribution >= 0.6 is 0 Å². The van der Waals surface area contributed by atoms with E-state index in [0.717, 1.165) is 70.1 Å². The second-order valence-electron chi connectivity index (χ2n) is 7.53. The molecule has 7 heteroatoms. The van der Waals surface area contributed by atoms with Crippen molar-refractivity contribution >= 4 is 5.91 Å². The molecular formula is C18H29N5O2. The molecule has 1 saturated carbocycles. The number of rotatable bonds is 4. The maximum atomic E-state index is 12.4. The molecule has 7 nitrogen and oxygen atoms in total. The molecule has 1 amide bonds. The Morgan fingerprint density at radius 3 is 2.68 bits per heavy atom. The standard InChI is InChI=1S/C18H29N5O2/c24-17(13-25-15-4-2-1-3-5-15)22-9-6-14(7-10-22)18-21-20-16-12-19-8-11-23(16)18/h14-15,19H,1-13H2. The predicted molar refractivity (Wildman–Crippen MR) is 93.1 cm³/mol. The van der Waals surface area contributed by atoms with Crippen LogP contribution in [0.15, 0.2) is 0 Å². The summed E-state index contributed by atoms with van der Waals surface area (Å²) < 4.78 is 8.12. The average molecular weight is 347 g/mol. The lowest BCUT2D eigenvalue weighted by atomic mass is 9.95. The van der Waals surface area contributed by atoms with Gasteiger partial charge in [-0.25, -0.2) is 0 Å². The molecule has 2 fully saturated rings. The number of likely N-dealkylation sites (tertiary alicyclic amines) is 1. The second kappa shape index (κ2) is 7.83. The smallest absolute Gasteiger partial charge is 0.248 e. The Kier molecular flexibility index (Phi) is 5.31. The molecule has 0 spiro atoms. The first kappa shape index (κ1) is 17.0. The number of hydrogen-bond acceptors (Lipinski definition) is 5. The van der Waals surface area contributed by atoms with Crippen LogP contribution in [0.1, 0.15) is 62.5 Å². The van der Waals surface area contributed by atoms with E-state index in [-0.39, 0.29) is 12.5 Å². The molecule has 1 aromatic rings. The lowest BCUT2D eigenvalue weighted by Gasteiger charge is -2.32. The van der Waals surface area contributed by atoms with E-state index in [0.29, 0.717) is 12.0 Å². The van der Waals surface area contributed by atoms with Gasteiger partial charge in [0.1, 0.15) is 18.3 Å². The van der Waals surface area contributed by atoms with E-state index in [2.05, 4.69) is 20.1 Å². The molecule has 3 heterocycles. The van der Waals surface area contributed by atoms with Gasteiger partial charge in [-0.3, -0.25) is 4.79 Å². The summed E-state index contributed by atoms with van der Waals surface area (Å²) in [4.78, 5) is 14.4. The molecule has 0 atom stereocenters. The summed E-state index contributed by atoms with van der Waals surface area (Å²) in [5.41, 5.74) is 0. The molecule has 0 aromatic carbocycles. The van der Waals surface area contributed by atoms with Crippen molar-refractivity contribution < 1.29 is 9.53 Å². The van der Waals surface area contributed by atoms with Crippen molar-refractivity contribution in [2.24, 2.45) is 0 Å². The van der Waals surface area contributed by atoms with Crippen LogP contribution in [0.5, 0.6) is 0 Å². The minimum Gasteiger partial charge on any atom is -0.368 e. The van der Waals surface area contributed by atoms with Gasteiger partial charge in [0.15, 0.2) is 0 Å². The number of hydrogen-bond donors (Lipinski definition) is 1. The van der Waals surface area contributed by atoms with Gasteiger partial charge in [-0.15, -0.1) is 10.2 Å². The number of ether oxygens (including phenoxy) is 1. The summed E-state index contributed by atoms with van der Waals surface area (Å²) >= 11 is 0. The number of nitrogens with zero attached hydrogens (tertiary/aromatic N) is 4. The predicted octanol–water partition coefficient (Wildman–Crippen LogP) is 1.44. The first-order valence-electron chi connectivity index (χ1n) is 9.83. The van der Waals surface area contributed by atoms with E-state index < -0.39 is 0 Å². The third kappa shape index (κ3) is 3.87. The molecule has 1 N–H and O–H groups in total. The van der Waals surface area contributed by atoms with Crippen LogP contribution in [0.25, 0.3) is 0 Å². The molecule has 138 valence electrons. The number of piperidine rings is 1. The number of aromatic nitrogens is 3. The van der Waals surface area contributed by atoms with Crippen molar-refractivity contribution in [3.8, 4) is 0 Å². The highest BCUT2D eigenvalue weighted by molar-refractivity contribution is 5.77. The van der Waals surface area contributed by atoms with Gasteiger partial charge in [-0.1, -0.05) is 19.3 Å². The summed E-state index contributed by atoms with van der Waals surface area (Å²) in [7, 11) is 0. The third-order valence-electron chi connectivity index (χ3n) is 5.86. The molecule has 25 heavy (non-hydrogen) atoms. The number of nitrogens with one attached hydrogen (secondary N) is 1. The van der Waals surface area contributed by atoms with Crippen LogP contribution in [0.2, 0.25) is 0 Å². The zero-order valence-corrected chi connectivity index (χ0v) is 15.0. The highest BCUT2D eigenvalue weighted by Gasteiger charge is 2.29. The largest absolute Gasteiger partial charge is 0.368 e. The van der Waals surface area contributed by atoms with E-state index in [4.69, 9.17) is 4.74 Å². The molecule has 0 unspecified atom stereocenters. The van der Waals surface area contributed by atoms with Crippen LogP contribution in [0.4, 0.5) is 0 Å². The SMILES string of the molecule is O=C(COC1CCCCC1)N1CCC(c2nnc3n2CCNC3)CC1. The van der Waals surface area contributed by atoms with E-state index >= 15 is 0 Å². The lowest BCUT2D eigenvalue weighted by molar-refractivity contribution is -0.139. The van der Waals surface area contributed by atoms with Gasteiger partial charge in [0.05, 0.1) is 12.6 Å². The second-order valence-corrected chi connectivity index (χ2v) is 7.53. The highest BCUT2D eigenvalue weighted by atomic mass is 16.5. The summed E-state index contributed by atoms with van der Waals surface area (Å²) in [5.74, 6) is 2.72. The fourth-order valence-electron chi connectivity index (χ4n) is 4.32. The Morgan fingerprint density at radius 2 is 1.88 bits per heavy atom. The van der Waals surface area contributed by atoms with Crippen molar-refractivity contribution in [1.29, 1.82) is 0 Å². The van der Waals surface area contributed by atoms with E-state index in [9.17, 15) is 4.79 Å². The van der Waals surface area contributed by atoms with Crippen molar-refractivity contribution in [1.82, 2.24) is 25.0 Å². The Hall–Kier alpha value is -1.47. The van der Waals surface area contributed by atoms with Crippen LogP contribution in [0, 0.1) is 0 Å². The number of fused-ring (bicyclic) bond motifs is 1. The van der Waals surface area contributed by atoms with Crippen LogP contribution in [0.3, 0.4) is 0 Å². The lowest BCUT2D eigenvalue weighted by Crippen LogP contribution is -2.41. The molecule has 1 saturated heterocycles. The molecule has 1 aliphatic carbocycles. The van der Waals surface area contributed by atoms with E-state index in [1.165, 1.54) is 19.3 Å². The molecular weight excluding hydrogens is 318 g/mol. The van der Waals surface area contributed by atoms with Gasteiger partial charge < -0.3 is 19.5 Å². The number of carbonyl (C=O) groups is 1. The minimum absolute atomic E-state index is 0.150. The Labute approximate surface area is 149 Å². The quantitative estimate of drug-likeness (QED) is 0.892. The first-order chi connectivity index (χ1) is 12.3. The summed E-state index contributed by atoms with van der Waals surface area (Å²) in [6.45, 7) is 4.60. The number of carbonyl (C=O) groups excluding carboxylic acids is 1. The zero-order chi connectivity index (χ0) is 17.1. The van der Waals surface area contributed by atoms with Crippen LogP contribution < -0.4 is 5.32 Å². The van der Waals surface area contributed by atoms with Gasteiger partial charge >= 0.3 is 0 Å². The topological polar surface area (TPSA) is 72.3 Å². The van der Waals surface area contributed by atoms with Crippen molar-refractivity contribution in [2.45, 2.75) is 70.1 Å². The van der Waals surface area contributed by atoms with Crippen molar-refractivity contribution in [3.05, 3.63) is 11.6 Å². The van der Waals surface area contributed by atoms with Gasteiger partial charge in [0.25, 0.3) is 0 Å². The summed E-state index contributed by atoms with van der Waals surface area (Å²) in [6, 6.07) is 0. The average Bonchev–Trinajstić information content (AvgIpc) is 3.11. The van der Waals surface area contributed by atoms with Gasteiger partial charge in [-0.2, -0.15) is 0 Å². The Morgan fingerprint density at radius 1 is 1.08 bits per heavy atom. The Bertz CT molecular complexity index is 588. The van der Waals surface area contributed by atoms with Crippen molar-refractivity contribution in [3.63, 3.8) is 0 Å². The van der Waals surface area contributed by atoms with Gasteiger partial charge in [-0.05, 0) is 25.7 Å². The minimum atomic E-state index is 0.150. The normalized spacial score (nSPS) is 22.8. The highest BCUT2D eigenvalue weighted by Crippen LogP contribution is 2.28. The molecule has 0 bridgehead atoms. The van der Waals surface area contributed by atoms with E-state index in [1.807, 2.05) is 4.90 Å². The fraction of sp³-hybridized carbons (Fsp3) is 0.833. The number of amides is 1. The zero-order valence-electron chi connectivity index (χ0n) is 15.0. The monoisotopic (exact) mass is 347 g/mol. The van der Waals surface area contributed by atoms with Crippen LogP contribution in [-0.4, -0.2) is 57.9 Å². The van der Waals surface area contributed by atoms with Crippen molar-refractivity contribution in [2.75, 3.05) is 26.2 Å².